The topological polar surface area (TPSA) is 52.7 Å². The van der Waals surface area contributed by atoms with E-state index in [4.69, 9.17) is 0 Å². The lowest BCUT2D eigenvalue weighted by Gasteiger charge is -2.41. The first-order valence-electron chi connectivity index (χ1n) is 10.2. The van der Waals surface area contributed by atoms with Gasteiger partial charge in [-0.25, -0.2) is 4.79 Å². The molecule has 2 bridgehead atoms. The number of nitrogens with one attached hydrogen (secondary N) is 1. The van der Waals surface area contributed by atoms with Gasteiger partial charge in [-0.05, 0) is 55.3 Å². The molecule has 0 radical (unpaired) electrons. The number of carbonyl (C=O) groups excluding carboxylic acids is 2. The number of fused-ring (bicyclic) bond motifs is 2. The van der Waals surface area contributed by atoms with Gasteiger partial charge in [0.05, 0.1) is 0 Å². The van der Waals surface area contributed by atoms with Crippen LogP contribution < -0.4 is 5.32 Å². The quantitative estimate of drug-likeness (QED) is 0.835. The van der Waals surface area contributed by atoms with Crippen LogP contribution in [0.4, 0.5) is 4.79 Å². The monoisotopic (exact) mass is 347 g/mol. The van der Waals surface area contributed by atoms with Crippen LogP contribution in [-0.4, -0.2) is 53.5 Å². The number of hydrogen-bond donors (Lipinski definition) is 1. The zero-order valence-electron chi connectivity index (χ0n) is 16.0. The van der Waals surface area contributed by atoms with Crippen molar-refractivity contribution in [2.75, 3.05) is 19.6 Å². The van der Waals surface area contributed by atoms with Gasteiger partial charge in [-0.1, -0.05) is 20.8 Å². The second-order valence-electron chi connectivity index (χ2n) is 9.52. The van der Waals surface area contributed by atoms with Gasteiger partial charge in [0.2, 0.25) is 5.91 Å². The average molecular weight is 348 g/mol. The number of hydrogen-bond acceptors (Lipinski definition) is 2. The van der Waals surface area contributed by atoms with Crippen LogP contribution in [0.3, 0.4) is 0 Å². The zero-order valence-corrected chi connectivity index (χ0v) is 16.0. The predicted octanol–water partition coefficient (Wildman–Crippen LogP) is 3.00. The van der Waals surface area contributed by atoms with E-state index in [2.05, 4.69) is 31.0 Å². The molecule has 140 valence electrons. The van der Waals surface area contributed by atoms with Crippen molar-refractivity contribution >= 4 is 11.9 Å². The summed E-state index contributed by atoms with van der Waals surface area (Å²) in [6.07, 6.45) is 7.23. The van der Waals surface area contributed by atoms with E-state index in [0.717, 1.165) is 51.2 Å². The van der Waals surface area contributed by atoms with Gasteiger partial charge >= 0.3 is 6.03 Å². The van der Waals surface area contributed by atoms with Crippen LogP contribution in [0.5, 0.6) is 0 Å². The molecule has 4 fully saturated rings. The van der Waals surface area contributed by atoms with E-state index in [0.29, 0.717) is 29.8 Å². The molecule has 2 saturated heterocycles. The van der Waals surface area contributed by atoms with E-state index in [1.807, 2.05) is 4.90 Å². The molecule has 5 heteroatoms. The molecule has 5 nitrogen and oxygen atoms in total. The number of likely N-dealkylation sites (tertiary alicyclic amines) is 2. The van der Waals surface area contributed by atoms with E-state index in [9.17, 15) is 9.59 Å². The number of rotatable bonds is 2. The minimum atomic E-state index is 0.112. The number of carbonyl (C=O) groups is 2. The van der Waals surface area contributed by atoms with Crippen LogP contribution in [0.15, 0.2) is 0 Å². The molecule has 0 aromatic rings. The molecule has 2 aliphatic heterocycles. The summed E-state index contributed by atoms with van der Waals surface area (Å²) in [6.45, 7) is 9.60. The molecule has 3 atom stereocenters. The van der Waals surface area contributed by atoms with Crippen LogP contribution in [0.1, 0.15) is 65.7 Å². The number of piperidine rings is 1. The lowest BCUT2D eigenvalue weighted by atomic mass is 9.69. The van der Waals surface area contributed by atoms with E-state index in [-0.39, 0.29) is 11.4 Å². The van der Waals surface area contributed by atoms with E-state index < -0.39 is 0 Å². The number of urea groups is 1. The Bertz CT molecular complexity index is 567. The first kappa shape index (κ1) is 17.2. The highest BCUT2D eigenvalue weighted by Crippen LogP contribution is 2.65. The fraction of sp³-hybridized carbons (Fsp3) is 0.900. The van der Waals surface area contributed by atoms with Crippen LogP contribution in [-0.2, 0) is 4.79 Å². The van der Waals surface area contributed by atoms with E-state index >= 15 is 0 Å². The summed E-state index contributed by atoms with van der Waals surface area (Å²) in [7, 11) is 0. The largest absolute Gasteiger partial charge is 0.340 e. The third-order valence-electron chi connectivity index (χ3n) is 8.39. The predicted molar refractivity (Wildman–Crippen MR) is 97.1 cm³/mol. The lowest BCUT2D eigenvalue weighted by Crippen LogP contribution is -2.54. The summed E-state index contributed by atoms with van der Waals surface area (Å²) in [6, 6.07) is 0.769. The van der Waals surface area contributed by atoms with E-state index in [1.165, 1.54) is 12.8 Å². The number of amides is 3. The summed E-state index contributed by atoms with van der Waals surface area (Å²) >= 11 is 0. The molecule has 4 aliphatic rings. The first-order valence-corrected chi connectivity index (χ1v) is 10.2. The minimum Gasteiger partial charge on any atom is -0.340 e. The Balaban J connectivity index is 1.32. The highest BCUT2D eigenvalue weighted by atomic mass is 16.2. The maximum Gasteiger partial charge on any atom is 0.317 e. The lowest BCUT2D eigenvalue weighted by molar-refractivity contribution is -0.130. The Kier molecular flexibility index (Phi) is 4.04. The Labute approximate surface area is 151 Å². The molecule has 0 aromatic carbocycles. The molecule has 2 saturated carbocycles. The molecule has 1 N–H and O–H groups in total. The van der Waals surface area contributed by atoms with Crippen molar-refractivity contribution in [3.8, 4) is 0 Å². The second kappa shape index (κ2) is 5.88. The average Bonchev–Trinajstić information content (AvgIpc) is 3.16. The smallest absolute Gasteiger partial charge is 0.317 e. The highest BCUT2D eigenvalue weighted by molar-refractivity contribution is 5.78. The van der Waals surface area contributed by atoms with Crippen molar-refractivity contribution in [3.05, 3.63) is 0 Å². The third-order valence-corrected chi connectivity index (χ3v) is 8.39. The Morgan fingerprint density at radius 3 is 2.36 bits per heavy atom. The zero-order chi connectivity index (χ0) is 17.8. The van der Waals surface area contributed by atoms with Gasteiger partial charge in [0.25, 0.3) is 0 Å². The Morgan fingerprint density at radius 1 is 1.12 bits per heavy atom. The summed E-state index contributed by atoms with van der Waals surface area (Å²) in [5.74, 6) is 1.05. The summed E-state index contributed by atoms with van der Waals surface area (Å²) < 4.78 is 0. The third kappa shape index (κ3) is 2.57. The first-order chi connectivity index (χ1) is 11.8. The molecule has 0 aromatic heterocycles. The van der Waals surface area contributed by atoms with Gasteiger partial charge < -0.3 is 15.1 Å². The van der Waals surface area contributed by atoms with Crippen LogP contribution >= 0.6 is 0 Å². The van der Waals surface area contributed by atoms with Crippen LogP contribution in [0, 0.1) is 16.7 Å². The summed E-state index contributed by atoms with van der Waals surface area (Å²) in [5.41, 5.74) is 0.557. The molecule has 2 heterocycles. The molecule has 3 amide bonds. The van der Waals surface area contributed by atoms with Crippen molar-refractivity contribution in [2.45, 2.75) is 77.8 Å². The normalized spacial score (nSPS) is 37.8. The van der Waals surface area contributed by atoms with Crippen molar-refractivity contribution in [1.29, 1.82) is 0 Å². The van der Waals surface area contributed by atoms with Crippen molar-refractivity contribution in [1.82, 2.24) is 15.1 Å². The van der Waals surface area contributed by atoms with Crippen molar-refractivity contribution < 1.29 is 9.59 Å². The van der Waals surface area contributed by atoms with Gasteiger partial charge in [-0.2, -0.15) is 0 Å². The highest BCUT2D eigenvalue weighted by Gasteiger charge is 2.61. The standard InChI is InChI=1S/C20H33N3O2/c1-19(2)14-6-9-20(19,3)16(13-14)21-18(25)22-11-7-15(8-12-22)23-10-4-5-17(23)24/h14-16H,4-13H2,1-3H3,(H,21,25)/t14-,16+,20-/m0/s1. The summed E-state index contributed by atoms with van der Waals surface area (Å²) in [5, 5.41) is 3.38. The maximum absolute atomic E-state index is 12.8. The SMILES string of the molecule is CC1(C)[C@H]2CC[C@@]1(C)[C@H](NC(=O)N1CCC(N3CCCC3=O)CC1)C2. The Hall–Kier alpha value is -1.26. The second-order valence-corrected chi connectivity index (χ2v) is 9.52. The Morgan fingerprint density at radius 2 is 1.84 bits per heavy atom. The molecule has 4 rings (SSSR count). The molecule has 2 aliphatic carbocycles. The molecular weight excluding hydrogens is 314 g/mol. The molecule has 0 spiro atoms. The fourth-order valence-corrected chi connectivity index (χ4v) is 6.10. The van der Waals surface area contributed by atoms with Crippen molar-refractivity contribution in [2.24, 2.45) is 16.7 Å². The van der Waals surface area contributed by atoms with Crippen LogP contribution in [0.2, 0.25) is 0 Å². The minimum absolute atomic E-state index is 0.112. The van der Waals surface area contributed by atoms with Gasteiger partial charge in [0.15, 0.2) is 0 Å². The van der Waals surface area contributed by atoms with E-state index in [1.54, 1.807) is 0 Å². The molecule has 25 heavy (non-hydrogen) atoms. The fourth-order valence-electron chi connectivity index (χ4n) is 6.10. The van der Waals surface area contributed by atoms with Gasteiger partial charge in [-0.3, -0.25) is 4.79 Å². The number of nitrogens with zero attached hydrogens (tertiary/aromatic N) is 2. The van der Waals surface area contributed by atoms with Gasteiger partial charge in [0, 0.05) is 38.1 Å². The van der Waals surface area contributed by atoms with Crippen LogP contribution in [0.25, 0.3) is 0 Å². The summed E-state index contributed by atoms with van der Waals surface area (Å²) in [4.78, 5) is 28.8. The molecule has 0 unspecified atom stereocenters. The maximum atomic E-state index is 12.8. The van der Waals surface area contributed by atoms with Gasteiger partial charge in [0.1, 0.15) is 0 Å². The van der Waals surface area contributed by atoms with Crippen molar-refractivity contribution in [3.63, 3.8) is 0 Å². The van der Waals surface area contributed by atoms with Gasteiger partial charge in [-0.15, -0.1) is 0 Å². The molecular formula is C20H33N3O2.